The summed E-state index contributed by atoms with van der Waals surface area (Å²) in [5.41, 5.74) is 1.28. The number of fused-ring (bicyclic) bond motifs is 2. The first-order valence-corrected chi connectivity index (χ1v) is 8.86. The molecule has 3 nitrogen and oxygen atoms in total. The summed E-state index contributed by atoms with van der Waals surface area (Å²) >= 11 is 0. The van der Waals surface area contributed by atoms with Gasteiger partial charge >= 0.3 is 5.97 Å². The average Bonchev–Trinajstić information content (AvgIpc) is 2.65. The van der Waals surface area contributed by atoms with Crippen LogP contribution in [0.3, 0.4) is 0 Å². The zero-order valence-corrected chi connectivity index (χ0v) is 14.0. The van der Waals surface area contributed by atoms with E-state index < -0.39 is 11.7 Å². The Kier molecular flexibility index (Phi) is 4.30. The number of esters is 1. The van der Waals surface area contributed by atoms with Crippen LogP contribution in [0.4, 0.5) is 4.39 Å². The Morgan fingerprint density at radius 2 is 1.80 bits per heavy atom. The van der Waals surface area contributed by atoms with E-state index in [0.29, 0.717) is 30.6 Å². The van der Waals surface area contributed by atoms with E-state index in [2.05, 4.69) is 0 Å². The van der Waals surface area contributed by atoms with Crippen LogP contribution in [-0.2, 0) is 26.3 Å². The molecule has 1 unspecified atom stereocenters. The monoisotopic (exact) mass is 340 g/mol. The summed E-state index contributed by atoms with van der Waals surface area (Å²) in [6.07, 6.45) is 3.34. The highest BCUT2D eigenvalue weighted by molar-refractivity contribution is 5.85. The summed E-state index contributed by atoms with van der Waals surface area (Å²) in [5.74, 6) is -0.674. The van der Waals surface area contributed by atoms with Crippen LogP contribution >= 0.6 is 0 Å². The minimum atomic E-state index is -0.856. The van der Waals surface area contributed by atoms with Crippen molar-refractivity contribution in [2.45, 2.75) is 50.4 Å². The summed E-state index contributed by atoms with van der Waals surface area (Å²) in [4.78, 5) is 12.8. The summed E-state index contributed by atoms with van der Waals surface area (Å²) in [7, 11) is 0. The Hall–Kier alpha value is -2.20. The molecule has 1 fully saturated rings. The Morgan fingerprint density at radius 3 is 2.56 bits per heavy atom. The zero-order valence-electron chi connectivity index (χ0n) is 14.0. The van der Waals surface area contributed by atoms with Gasteiger partial charge < -0.3 is 9.47 Å². The minimum absolute atomic E-state index is 0.307. The van der Waals surface area contributed by atoms with E-state index in [1.807, 2.05) is 36.4 Å². The highest BCUT2D eigenvalue weighted by Gasteiger charge is 2.50. The fourth-order valence-corrected chi connectivity index (χ4v) is 4.10. The van der Waals surface area contributed by atoms with Gasteiger partial charge in [0.15, 0.2) is 0 Å². The topological polar surface area (TPSA) is 35.5 Å². The van der Waals surface area contributed by atoms with Crippen LogP contribution in [0.25, 0.3) is 0 Å². The predicted molar refractivity (Wildman–Crippen MR) is 91.2 cm³/mol. The standard InChI is InChI=1S/C21H21FO3/c22-17-11-7-10-16-18(17)21(12-5-2-6-13-21)20(23)25-19(16)24-14-15-8-3-1-4-9-15/h1,3-4,7-11,19H,2,5-6,12-14H2. The van der Waals surface area contributed by atoms with Crippen molar-refractivity contribution in [2.75, 3.05) is 0 Å². The number of carbonyl (C=O) groups is 1. The first-order valence-electron chi connectivity index (χ1n) is 8.86. The summed E-state index contributed by atoms with van der Waals surface area (Å²) in [6.45, 7) is 0.307. The number of hydrogen-bond donors (Lipinski definition) is 0. The lowest BCUT2D eigenvalue weighted by Crippen LogP contribution is -2.45. The molecule has 1 aliphatic heterocycles. The van der Waals surface area contributed by atoms with Crippen LogP contribution in [0.2, 0.25) is 0 Å². The van der Waals surface area contributed by atoms with Crippen molar-refractivity contribution in [2.24, 2.45) is 0 Å². The van der Waals surface area contributed by atoms with Gasteiger partial charge in [0.05, 0.1) is 12.0 Å². The Bertz CT molecular complexity index is 766. The van der Waals surface area contributed by atoms with Gasteiger partial charge in [-0.1, -0.05) is 61.7 Å². The molecule has 2 aliphatic rings. The van der Waals surface area contributed by atoms with Gasteiger partial charge in [-0.2, -0.15) is 0 Å². The number of carbonyl (C=O) groups excluding carboxylic acids is 1. The van der Waals surface area contributed by atoms with E-state index in [1.165, 1.54) is 6.07 Å². The Labute approximate surface area is 146 Å². The number of halogens is 1. The average molecular weight is 340 g/mol. The van der Waals surface area contributed by atoms with Crippen molar-refractivity contribution in [1.29, 1.82) is 0 Å². The SMILES string of the molecule is O=C1OC(OCc2ccccc2)c2cccc(F)c2C12CCCCC2. The van der Waals surface area contributed by atoms with Crippen molar-refractivity contribution in [1.82, 2.24) is 0 Å². The molecule has 25 heavy (non-hydrogen) atoms. The van der Waals surface area contributed by atoms with E-state index in [-0.39, 0.29) is 11.8 Å². The van der Waals surface area contributed by atoms with Crippen molar-refractivity contribution >= 4 is 5.97 Å². The van der Waals surface area contributed by atoms with Crippen LogP contribution in [0.15, 0.2) is 48.5 Å². The van der Waals surface area contributed by atoms with E-state index in [0.717, 1.165) is 24.8 Å². The van der Waals surface area contributed by atoms with Crippen LogP contribution in [0.5, 0.6) is 0 Å². The van der Waals surface area contributed by atoms with Gasteiger partial charge in [-0.25, -0.2) is 4.39 Å². The van der Waals surface area contributed by atoms with Gasteiger partial charge in [0, 0.05) is 11.1 Å². The molecule has 4 heteroatoms. The first kappa shape index (κ1) is 16.3. The molecule has 1 spiro atoms. The molecule has 0 amide bonds. The number of rotatable bonds is 3. The molecule has 0 saturated heterocycles. The molecule has 1 heterocycles. The molecule has 0 radical (unpaired) electrons. The van der Waals surface area contributed by atoms with Crippen molar-refractivity contribution < 1.29 is 18.7 Å². The molecular weight excluding hydrogens is 319 g/mol. The minimum Gasteiger partial charge on any atom is -0.431 e. The van der Waals surface area contributed by atoms with Gasteiger partial charge in [-0.15, -0.1) is 0 Å². The van der Waals surface area contributed by atoms with Crippen molar-refractivity contribution in [3.63, 3.8) is 0 Å². The van der Waals surface area contributed by atoms with Crippen LogP contribution in [0.1, 0.15) is 55.1 Å². The molecular formula is C21H21FO3. The van der Waals surface area contributed by atoms with E-state index >= 15 is 0 Å². The normalized spacial score (nSPS) is 21.6. The van der Waals surface area contributed by atoms with Crippen LogP contribution in [0, 0.1) is 5.82 Å². The van der Waals surface area contributed by atoms with Gasteiger partial charge in [0.2, 0.25) is 6.29 Å². The number of benzene rings is 2. The quantitative estimate of drug-likeness (QED) is 0.753. The summed E-state index contributed by atoms with van der Waals surface area (Å²) in [6, 6.07) is 14.6. The zero-order chi connectivity index (χ0) is 17.3. The lowest BCUT2D eigenvalue weighted by molar-refractivity contribution is -0.197. The maximum atomic E-state index is 14.7. The van der Waals surface area contributed by atoms with E-state index in [4.69, 9.17) is 9.47 Å². The lowest BCUT2D eigenvalue weighted by atomic mass is 9.67. The van der Waals surface area contributed by atoms with E-state index in [9.17, 15) is 9.18 Å². The van der Waals surface area contributed by atoms with Gasteiger partial charge in [-0.3, -0.25) is 4.79 Å². The molecule has 2 aromatic carbocycles. The molecule has 130 valence electrons. The molecule has 4 rings (SSSR count). The second kappa shape index (κ2) is 6.60. The number of cyclic esters (lactones) is 1. The third-order valence-corrected chi connectivity index (χ3v) is 5.33. The second-order valence-corrected chi connectivity index (χ2v) is 6.88. The smallest absolute Gasteiger partial charge is 0.319 e. The van der Waals surface area contributed by atoms with E-state index in [1.54, 1.807) is 6.07 Å². The molecule has 0 N–H and O–H groups in total. The van der Waals surface area contributed by atoms with Crippen molar-refractivity contribution in [3.8, 4) is 0 Å². The highest BCUT2D eigenvalue weighted by Crippen LogP contribution is 2.48. The molecule has 2 aromatic rings. The lowest BCUT2D eigenvalue weighted by Gasteiger charge is -2.42. The fraction of sp³-hybridized carbons (Fsp3) is 0.381. The number of hydrogen-bond acceptors (Lipinski definition) is 3. The molecule has 1 aliphatic carbocycles. The highest BCUT2D eigenvalue weighted by atomic mass is 19.1. The van der Waals surface area contributed by atoms with Gasteiger partial charge in [0.25, 0.3) is 0 Å². The van der Waals surface area contributed by atoms with Crippen LogP contribution < -0.4 is 0 Å². The number of ether oxygens (including phenoxy) is 2. The Morgan fingerprint density at radius 1 is 1.04 bits per heavy atom. The van der Waals surface area contributed by atoms with Gasteiger partial charge in [0.1, 0.15) is 5.82 Å². The van der Waals surface area contributed by atoms with Gasteiger partial charge in [-0.05, 0) is 24.5 Å². The predicted octanol–water partition coefficient (Wildman–Crippen LogP) is 4.80. The first-order chi connectivity index (χ1) is 12.2. The maximum absolute atomic E-state index is 14.7. The molecule has 0 bridgehead atoms. The second-order valence-electron chi connectivity index (χ2n) is 6.88. The third kappa shape index (κ3) is 2.85. The molecule has 0 aromatic heterocycles. The fourth-order valence-electron chi connectivity index (χ4n) is 4.10. The van der Waals surface area contributed by atoms with Crippen molar-refractivity contribution in [3.05, 3.63) is 71.0 Å². The van der Waals surface area contributed by atoms with Crippen LogP contribution in [-0.4, -0.2) is 5.97 Å². The maximum Gasteiger partial charge on any atom is 0.319 e. The summed E-state index contributed by atoms with van der Waals surface area (Å²) < 4.78 is 26.2. The molecule has 1 atom stereocenters. The largest absolute Gasteiger partial charge is 0.431 e. The Balaban J connectivity index is 1.68. The summed E-state index contributed by atoms with van der Waals surface area (Å²) in [5, 5.41) is 0. The molecule has 1 saturated carbocycles. The third-order valence-electron chi connectivity index (χ3n) is 5.33.